The number of unbranched alkanes of at least 4 members (excludes halogenated alkanes) is 4. The number of ether oxygens (including phenoxy) is 1. The molecular formula is C17H27NO. The van der Waals surface area contributed by atoms with Crippen LogP contribution >= 0.6 is 0 Å². The number of benzene rings is 1. The van der Waals surface area contributed by atoms with Crippen LogP contribution in [0.1, 0.15) is 44.6 Å². The molecule has 0 unspecified atom stereocenters. The molecule has 1 rings (SSSR count). The summed E-state index contributed by atoms with van der Waals surface area (Å²) in [7, 11) is 0. The lowest BCUT2D eigenvalue weighted by Gasteiger charge is -2.07. The molecule has 0 aromatic heterocycles. The molecule has 0 radical (unpaired) electrons. The summed E-state index contributed by atoms with van der Waals surface area (Å²) in [5, 5.41) is 3.28. The van der Waals surface area contributed by atoms with Crippen molar-refractivity contribution in [2.75, 3.05) is 13.2 Å². The first-order valence-corrected chi connectivity index (χ1v) is 7.40. The Balaban J connectivity index is 2.15. The predicted molar refractivity (Wildman–Crippen MR) is 82.6 cm³/mol. The van der Waals surface area contributed by atoms with Crippen LogP contribution < -0.4 is 10.1 Å². The maximum absolute atomic E-state index is 5.73. The molecule has 1 N–H and O–H groups in total. The summed E-state index contributed by atoms with van der Waals surface area (Å²) in [5.41, 5.74) is 1.28. The third-order valence-corrected chi connectivity index (χ3v) is 3.06. The molecule has 0 bridgehead atoms. The first-order valence-electron chi connectivity index (χ1n) is 7.40. The standard InChI is InChI=1S/C17H27NO/c1-3-5-6-7-8-14-19-17-11-9-16(10-12-17)15-18-13-4-2/h4,9-12,18H,2-3,5-8,13-15H2,1H3. The third-order valence-electron chi connectivity index (χ3n) is 3.06. The lowest BCUT2D eigenvalue weighted by Crippen LogP contribution is -2.12. The lowest BCUT2D eigenvalue weighted by atomic mass is 10.2. The average Bonchev–Trinajstić information content (AvgIpc) is 2.44. The van der Waals surface area contributed by atoms with Crippen molar-refractivity contribution >= 4 is 0 Å². The van der Waals surface area contributed by atoms with Crippen LogP contribution in [0.3, 0.4) is 0 Å². The van der Waals surface area contributed by atoms with E-state index >= 15 is 0 Å². The molecule has 19 heavy (non-hydrogen) atoms. The average molecular weight is 261 g/mol. The quantitative estimate of drug-likeness (QED) is 0.473. The highest BCUT2D eigenvalue weighted by Gasteiger charge is 1.96. The molecule has 0 saturated carbocycles. The van der Waals surface area contributed by atoms with E-state index in [-0.39, 0.29) is 0 Å². The van der Waals surface area contributed by atoms with Crippen molar-refractivity contribution in [2.24, 2.45) is 0 Å². The van der Waals surface area contributed by atoms with E-state index in [9.17, 15) is 0 Å². The third kappa shape index (κ3) is 7.68. The summed E-state index contributed by atoms with van der Waals surface area (Å²) in [6.07, 6.45) is 8.26. The van der Waals surface area contributed by atoms with Gasteiger partial charge in [-0.3, -0.25) is 0 Å². The minimum absolute atomic E-state index is 0.831. The fourth-order valence-electron chi connectivity index (χ4n) is 1.92. The van der Waals surface area contributed by atoms with Crippen LogP contribution in [0.2, 0.25) is 0 Å². The van der Waals surface area contributed by atoms with E-state index in [1.54, 1.807) is 0 Å². The molecule has 0 saturated heterocycles. The van der Waals surface area contributed by atoms with Gasteiger partial charge in [-0.1, -0.05) is 50.8 Å². The van der Waals surface area contributed by atoms with Gasteiger partial charge in [-0.15, -0.1) is 6.58 Å². The van der Waals surface area contributed by atoms with Crippen molar-refractivity contribution < 1.29 is 4.74 Å². The number of nitrogens with one attached hydrogen (secondary N) is 1. The van der Waals surface area contributed by atoms with Gasteiger partial charge in [0.15, 0.2) is 0 Å². The molecule has 2 nitrogen and oxygen atoms in total. The highest BCUT2D eigenvalue weighted by Crippen LogP contribution is 2.13. The maximum Gasteiger partial charge on any atom is 0.119 e. The van der Waals surface area contributed by atoms with E-state index in [4.69, 9.17) is 4.74 Å². The van der Waals surface area contributed by atoms with Crippen molar-refractivity contribution in [1.29, 1.82) is 0 Å². The second-order valence-electron chi connectivity index (χ2n) is 4.83. The van der Waals surface area contributed by atoms with E-state index in [0.29, 0.717) is 0 Å². The van der Waals surface area contributed by atoms with Gasteiger partial charge in [-0.2, -0.15) is 0 Å². The second-order valence-corrected chi connectivity index (χ2v) is 4.83. The molecule has 0 atom stereocenters. The maximum atomic E-state index is 5.73. The van der Waals surface area contributed by atoms with Crippen molar-refractivity contribution in [3.05, 3.63) is 42.5 Å². The molecule has 106 valence electrons. The van der Waals surface area contributed by atoms with Gasteiger partial charge >= 0.3 is 0 Å². The van der Waals surface area contributed by atoms with Crippen LogP contribution in [0.15, 0.2) is 36.9 Å². The van der Waals surface area contributed by atoms with Gasteiger partial charge in [0.1, 0.15) is 5.75 Å². The summed E-state index contributed by atoms with van der Waals surface area (Å²) >= 11 is 0. The van der Waals surface area contributed by atoms with Crippen LogP contribution in [0.4, 0.5) is 0 Å². The zero-order valence-corrected chi connectivity index (χ0v) is 12.2. The molecule has 0 aliphatic rings. The number of hydrogen-bond donors (Lipinski definition) is 1. The molecule has 1 aromatic carbocycles. The Morgan fingerprint density at radius 1 is 1.11 bits per heavy atom. The Bertz CT molecular complexity index is 332. The van der Waals surface area contributed by atoms with Gasteiger partial charge in [0.2, 0.25) is 0 Å². The molecule has 0 amide bonds. The van der Waals surface area contributed by atoms with E-state index in [0.717, 1.165) is 31.9 Å². The topological polar surface area (TPSA) is 21.3 Å². The largest absolute Gasteiger partial charge is 0.494 e. The Kier molecular flexibility index (Phi) is 8.82. The zero-order chi connectivity index (χ0) is 13.8. The van der Waals surface area contributed by atoms with E-state index in [1.165, 1.54) is 31.2 Å². The van der Waals surface area contributed by atoms with Gasteiger partial charge < -0.3 is 10.1 Å². The van der Waals surface area contributed by atoms with Crippen molar-refractivity contribution in [1.82, 2.24) is 5.32 Å². The summed E-state index contributed by atoms with van der Waals surface area (Å²) in [4.78, 5) is 0. The molecule has 1 aromatic rings. The van der Waals surface area contributed by atoms with Gasteiger partial charge in [-0.25, -0.2) is 0 Å². The lowest BCUT2D eigenvalue weighted by molar-refractivity contribution is 0.304. The van der Waals surface area contributed by atoms with Crippen molar-refractivity contribution in [3.8, 4) is 5.75 Å². The number of hydrogen-bond acceptors (Lipinski definition) is 2. The fraction of sp³-hybridized carbons (Fsp3) is 0.529. The summed E-state index contributed by atoms with van der Waals surface area (Å²) < 4.78 is 5.73. The number of rotatable bonds is 11. The fourth-order valence-corrected chi connectivity index (χ4v) is 1.92. The summed E-state index contributed by atoms with van der Waals surface area (Å²) in [5.74, 6) is 0.975. The van der Waals surface area contributed by atoms with Crippen molar-refractivity contribution in [2.45, 2.75) is 45.6 Å². The van der Waals surface area contributed by atoms with Crippen LogP contribution in [-0.4, -0.2) is 13.2 Å². The van der Waals surface area contributed by atoms with Crippen LogP contribution in [0.25, 0.3) is 0 Å². The van der Waals surface area contributed by atoms with Crippen LogP contribution in [0.5, 0.6) is 5.75 Å². The van der Waals surface area contributed by atoms with Gasteiger partial charge in [0.05, 0.1) is 6.61 Å². The minimum atomic E-state index is 0.831. The van der Waals surface area contributed by atoms with E-state index < -0.39 is 0 Å². The van der Waals surface area contributed by atoms with Crippen LogP contribution in [-0.2, 0) is 6.54 Å². The highest BCUT2D eigenvalue weighted by atomic mass is 16.5. The highest BCUT2D eigenvalue weighted by molar-refractivity contribution is 5.27. The SMILES string of the molecule is C=CCNCc1ccc(OCCCCCCC)cc1. The normalized spacial score (nSPS) is 10.4. The molecule has 0 fully saturated rings. The van der Waals surface area contributed by atoms with E-state index in [2.05, 4.69) is 43.1 Å². The van der Waals surface area contributed by atoms with Crippen molar-refractivity contribution in [3.63, 3.8) is 0 Å². The Morgan fingerprint density at radius 3 is 2.53 bits per heavy atom. The summed E-state index contributed by atoms with van der Waals surface area (Å²) in [6, 6.07) is 8.33. The monoisotopic (exact) mass is 261 g/mol. The zero-order valence-electron chi connectivity index (χ0n) is 12.2. The second kappa shape index (κ2) is 10.6. The molecule has 0 heterocycles. The van der Waals surface area contributed by atoms with Gasteiger partial charge in [0, 0.05) is 13.1 Å². The Morgan fingerprint density at radius 2 is 1.84 bits per heavy atom. The molecular weight excluding hydrogens is 234 g/mol. The molecule has 0 aliphatic heterocycles. The minimum Gasteiger partial charge on any atom is -0.494 e. The summed E-state index contributed by atoms with van der Waals surface area (Å²) in [6.45, 7) is 8.47. The molecule has 0 aliphatic carbocycles. The van der Waals surface area contributed by atoms with E-state index in [1.807, 2.05) is 6.08 Å². The van der Waals surface area contributed by atoms with Crippen LogP contribution in [0, 0.1) is 0 Å². The first kappa shape index (κ1) is 15.8. The Labute approximate surface area is 117 Å². The van der Waals surface area contributed by atoms with Gasteiger partial charge in [0.25, 0.3) is 0 Å². The molecule has 2 heteroatoms. The first-order chi connectivity index (χ1) is 9.36. The smallest absolute Gasteiger partial charge is 0.119 e. The Hall–Kier alpha value is -1.28. The van der Waals surface area contributed by atoms with Gasteiger partial charge in [-0.05, 0) is 24.1 Å². The predicted octanol–water partition coefficient (Wildman–Crippen LogP) is 4.31. The molecule has 0 spiro atoms.